The molecule has 2 heterocycles. The topological polar surface area (TPSA) is 29.5 Å². The van der Waals surface area contributed by atoms with Crippen molar-refractivity contribution in [3.05, 3.63) is 83.7 Å². The van der Waals surface area contributed by atoms with E-state index >= 15 is 0 Å². The summed E-state index contributed by atoms with van der Waals surface area (Å²) >= 11 is 0. The lowest BCUT2D eigenvalue weighted by atomic mass is 10.2. The quantitative estimate of drug-likeness (QED) is 0.678. The first-order valence-corrected chi connectivity index (χ1v) is 6.92. The first-order chi connectivity index (χ1) is 10.7. The van der Waals surface area contributed by atoms with Crippen LogP contribution in [0.5, 0.6) is 0 Å². The van der Waals surface area contributed by atoms with Crippen LogP contribution in [0.2, 0.25) is 0 Å². The molecule has 0 radical (unpaired) electrons. The van der Waals surface area contributed by atoms with Gasteiger partial charge in [-0.3, -0.25) is 4.90 Å². The summed E-state index contributed by atoms with van der Waals surface area (Å²) < 4.78 is 37.9. The minimum Gasteiger partial charge on any atom is -0.468 e. The van der Waals surface area contributed by atoms with Gasteiger partial charge in [-0.1, -0.05) is 12.1 Å². The summed E-state index contributed by atoms with van der Waals surface area (Å²) in [4.78, 5) is 1.93. The van der Waals surface area contributed by atoms with Crippen molar-refractivity contribution in [2.75, 3.05) is 0 Å². The molecule has 114 valence electrons. The first-order valence-electron chi connectivity index (χ1n) is 6.92. The Morgan fingerprint density at radius 2 is 1.41 bits per heavy atom. The van der Waals surface area contributed by atoms with Crippen molar-refractivity contribution in [3.63, 3.8) is 0 Å². The molecule has 0 atom stereocenters. The number of rotatable bonds is 6. The molecule has 0 bridgehead atoms. The van der Waals surface area contributed by atoms with Gasteiger partial charge in [-0.25, -0.2) is 8.78 Å². The van der Waals surface area contributed by atoms with Gasteiger partial charge in [0.2, 0.25) is 0 Å². The molecule has 0 saturated carbocycles. The minimum absolute atomic E-state index is 0.255. The monoisotopic (exact) mass is 303 g/mol. The Labute approximate surface area is 126 Å². The molecule has 0 N–H and O–H groups in total. The van der Waals surface area contributed by atoms with Crippen LogP contribution < -0.4 is 0 Å². The van der Waals surface area contributed by atoms with Crippen LogP contribution in [0.3, 0.4) is 0 Å². The highest BCUT2D eigenvalue weighted by Crippen LogP contribution is 2.18. The van der Waals surface area contributed by atoms with Gasteiger partial charge < -0.3 is 8.83 Å². The van der Waals surface area contributed by atoms with Gasteiger partial charge in [0.05, 0.1) is 25.6 Å². The lowest BCUT2D eigenvalue weighted by Crippen LogP contribution is -2.22. The second kappa shape index (κ2) is 6.58. The Bertz CT molecular complexity index is 672. The molecule has 0 aliphatic rings. The number of hydrogen-bond acceptors (Lipinski definition) is 3. The third kappa shape index (κ3) is 3.43. The van der Waals surface area contributed by atoms with Gasteiger partial charge in [-0.15, -0.1) is 0 Å². The Kier molecular flexibility index (Phi) is 4.34. The van der Waals surface area contributed by atoms with Crippen molar-refractivity contribution >= 4 is 0 Å². The highest BCUT2D eigenvalue weighted by molar-refractivity contribution is 5.19. The molecule has 0 aliphatic heterocycles. The van der Waals surface area contributed by atoms with E-state index in [0.29, 0.717) is 18.7 Å². The highest BCUT2D eigenvalue weighted by Gasteiger charge is 2.15. The van der Waals surface area contributed by atoms with Crippen molar-refractivity contribution in [3.8, 4) is 0 Å². The predicted octanol–water partition coefficient (Wildman–Crippen LogP) is 4.35. The van der Waals surface area contributed by atoms with E-state index in [0.717, 1.165) is 17.6 Å². The van der Waals surface area contributed by atoms with E-state index < -0.39 is 11.6 Å². The minimum atomic E-state index is -0.839. The van der Waals surface area contributed by atoms with Gasteiger partial charge in [-0.2, -0.15) is 0 Å². The molecule has 0 saturated heterocycles. The first kappa shape index (κ1) is 14.5. The van der Waals surface area contributed by atoms with Gasteiger partial charge >= 0.3 is 0 Å². The largest absolute Gasteiger partial charge is 0.468 e. The summed E-state index contributed by atoms with van der Waals surface area (Å²) in [6.07, 6.45) is 3.17. The molecular formula is C17H15F2NO2. The maximum atomic E-state index is 13.9. The number of nitrogens with zero attached hydrogens (tertiary/aromatic N) is 1. The number of hydrogen-bond donors (Lipinski definition) is 0. The third-order valence-corrected chi connectivity index (χ3v) is 3.34. The van der Waals surface area contributed by atoms with E-state index in [1.807, 2.05) is 17.0 Å². The molecule has 2 aromatic heterocycles. The third-order valence-electron chi connectivity index (χ3n) is 3.34. The SMILES string of the molecule is Fc1cccc(CN(Cc2ccco2)Cc2ccco2)c1F. The van der Waals surface area contributed by atoms with Gasteiger partial charge in [0.15, 0.2) is 11.6 Å². The number of furan rings is 2. The van der Waals surface area contributed by atoms with Crippen LogP contribution in [-0.4, -0.2) is 4.90 Å². The molecule has 0 aliphatic carbocycles. The lowest BCUT2D eigenvalue weighted by molar-refractivity contribution is 0.206. The second-order valence-corrected chi connectivity index (χ2v) is 5.02. The summed E-state index contributed by atoms with van der Waals surface area (Å²) in [5.74, 6) is -0.147. The van der Waals surface area contributed by atoms with Gasteiger partial charge in [-0.05, 0) is 30.3 Å². The molecule has 3 aromatic rings. The van der Waals surface area contributed by atoms with E-state index in [2.05, 4.69) is 0 Å². The summed E-state index contributed by atoms with van der Waals surface area (Å²) in [5.41, 5.74) is 0.304. The van der Waals surface area contributed by atoms with Crippen LogP contribution in [0.1, 0.15) is 17.1 Å². The zero-order chi connectivity index (χ0) is 15.4. The molecule has 5 heteroatoms. The fourth-order valence-corrected chi connectivity index (χ4v) is 2.33. The average Bonchev–Trinajstić information content (AvgIpc) is 3.17. The molecule has 0 fully saturated rings. The summed E-state index contributed by atoms with van der Waals surface area (Å²) in [6.45, 7) is 1.21. The molecule has 0 amide bonds. The van der Waals surface area contributed by atoms with Crippen LogP contribution in [0, 0.1) is 11.6 Å². The highest BCUT2D eigenvalue weighted by atomic mass is 19.2. The second-order valence-electron chi connectivity index (χ2n) is 5.02. The number of benzene rings is 1. The van der Waals surface area contributed by atoms with Crippen LogP contribution in [0.4, 0.5) is 8.78 Å². The summed E-state index contributed by atoms with van der Waals surface area (Å²) in [6, 6.07) is 11.5. The smallest absolute Gasteiger partial charge is 0.163 e. The van der Waals surface area contributed by atoms with E-state index in [9.17, 15) is 8.78 Å². The van der Waals surface area contributed by atoms with E-state index in [-0.39, 0.29) is 6.54 Å². The molecule has 3 rings (SSSR count). The summed E-state index contributed by atoms with van der Waals surface area (Å²) in [5, 5.41) is 0. The fraction of sp³-hybridized carbons (Fsp3) is 0.176. The van der Waals surface area contributed by atoms with Crippen LogP contribution in [-0.2, 0) is 19.6 Å². The lowest BCUT2D eigenvalue weighted by Gasteiger charge is -2.20. The zero-order valence-electron chi connectivity index (χ0n) is 11.8. The van der Waals surface area contributed by atoms with Crippen molar-refractivity contribution < 1.29 is 17.6 Å². The average molecular weight is 303 g/mol. The van der Waals surface area contributed by atoms with Crippen molar-refractivity contribution in [1.29, 1.82) is 0 Å². The van der Waals surface area contributed by atoms with Gasteiger partial charge in [0.25, 0.3) is 0 Å². The molecule has 1 aromatic carbocycles. The number of halogens is 2. The summed E-state index contributed by atoms with van der Waals surface area (Å²) in [7, 11) is 0. The van der Waals surface area contributed by atoms with Crippen molar-refractivity contribution in [2.24, 2.45) is 0 Å². The van der Waals surface area contributed by atoms with Crippen LogP contribution in [0.25, 0.3) is 0 Å². The normalized spacial score (nSPS) is 11.2. The molecular weight excluding hydrogens is 288 g/mol. The van der Waals surface area contributed by atoms with E-state index in [1.54, 1.807) is 30.7 Å². The molecule has 3 nitrogen and oxygen atoms in total. The Morgan fingerprint density at radius 3 is 1.95 bits per heavy atom. The Hall–Kier alpha value is -2.40. The Balaban J connectivity index is 1.79. The predicted molar refractivity (Wildman–Crippen MR) is 76.7 cm³/mol. The standard InChI is InChI=1S/C17H15F2NO2/c18-16-7-1-4-13(17(16)19)10-20(11-14-5-2-8-21-14)12-15-6-3-9-22-15/h1-9H,10-12H2. The molecule has 22 heavy (non-hydrogen) atoms. The van der Waals surface area contributed by atoms with E-state index in [4.69, 9.17) is 8.83 Å². The van der Waals surface area contributed by atoms with E-state index in [1.165, 1.54) is 6.07 Å². The zero-order valence-corrected chi connectivity index (χ0v) is 11.8. The van der Waals surface area contributed by atoms with Crippen LogP contribution in [0.15, 0.2) is 63.8 Å². The molecule has 0 unspecified atom stereocenters. The molecule has 0 spiro atoms. The van der Waals surface area contributed by atoms with Crippen molar-refractivity contribution in [1.82, 2.24) is 4.90 Å². The van der Waals surface area contributed by atoms with Crippen molar-refractivity contribution in [2.45, 2.75) is 19.6 Å². The Morgan fingerprint density at radius 1 is 0.773 bits per heavy atom. The van der Waals surface area contributed by atoms with Crippen LogP contribution >= 0.6 is 0 Å². The maximum absolute atomic E-state index is 13.9. The van der Waals surface area contributed by atoms with Gasteiger partial charge in [0, 0.05) is 12.1 Å². The fourth-order valence-electron chi connectivity index (χ4n) is 2.33. The van der Waals surface area contributed by atoms with Gasteiger partial charge in [0.1, 0.15) is 11.5 Å². The maximum Gasteiger partial charge on any atom is 0.163 e.